The van der Waals surface area contributed by atoms with Crippen molar-refractivity contribution in [3.05, 3.63) is 0 Å². The first-order valence-electron chi connectivity index (χ1n) is 3.68. The third kappa shape index (κ3) is 1.92. The van der Waals surface area contributed by atoms with Crippen molar-refractivity contribution in [3.63, 3.8) is 0 Å². The summed E-state index contributed by atoms with van der Waals surface area (Å²) in [5, 5.41) is 7.76. The Morgan fingerprint density at radius 1 is 1.62 bits per heavy atom. The number of cyclic esters (lactones) is 1. The normalized spacial score (nSPS) is 21.8. The van der Waals surface area contributed by atoms with E-state index in [9.17, 15) is 4.79 Å². The van der Waals surface area contributed by atoms with Crippen LogP contribution in [0.3, 0.4) is 0 Å². The summed E-state index contributed by atoms with van der Waals surface area (Å²) in [6.07, 6.45) is 0.739. The number of aromatic nitrogens is 2. The summed E-state index contributed by atoms with van der Waals surface area (Å²) < 4.78 is 5.53. The van der Waals surface area contributed by atoms with Crippen molar-refractivity contribution in [3.8, 4) is 0 Å². The minimum atomic E-state index is -0.168. The molecule has 1 aliphatic heterocycles. The molecule has 1 fully saturated rings. The largest absolute Gasteiger partial charge is 0.465 e. The number of hydrogen-bond donors (Lipinski definition) is 1. The zero-order valence-electron chi connectivity index (χ0n) is 6.60. The van der Waals surface area contributed by atoms with Gasteiger partial charge in [0.15, 0.2) is 4.34 Å². The van der Waals surface area contributed by atoms with Gasteiger partial charge in [0.2, 0.25) is 5.13 Å². The lowest BCUT2D eigenvalue weighted by Gasteiger charge is -1.99. The van der Waals surface area contributed by atoms with Gasteiger partial charge < -0.3 is 10.5 Å². The van der Waals surface area contributed by atoms with Crippen molar-refractivity contribution in [1.82, 2.24) is 10.2 Å². The smallest absolute Gasteiger partial charge is 0.319 e. The van der Waals surface area contributed by atoms with E-state index in [1.807, 2.05) is 0 Å². The second-order valence-corrected chi connectivity index (χ2v) is 4.93. The fraction of sp³-hybridized carbons (Fsp3) is 0.500. The number of nitrogens with two attached hydrogens (primary N) is 1. The number of esters is 1. The maximum Gasteiger partial charge on any atom is 0.319 e. The lowest BCUT2D eigenvalue weighted by Crippen LogP contribution is -2.08. The van der Waals surface area contributed by atoms with E-state index in [1.54, 1.807) is 0 Å². The van der Waals surface area contributed by atoms with Gasteiger partial charge in [-0.25, -0.2) is 0 Å². The quantitative estimate of drug-likeness (QED) is 0.728. The predicted octanol–water partition coefficient (Wildman–Crippen LogP) is 0.528. The molecule has 70 valence electrons. The Morgan fingerprint density at radius 3 is 3.00 bits per heavy atom. The van der Waals surface area contributed by atoms with Crippen LogP contribution in [-0.4, -0.2) is 28.0 Å². The summed E-state index contributed by atoms with van der Waals surface area (Å²) in [7, 11) is 0. The molecular weight excluding hydrogens is 210 g/mol. The van der Waals surface area contributed by atoms with Gasteiger partial charge in [-0.2, -0.15) is 0 Å². The van der Waals surface area contributed by atoms with Gasteiger partial charge in [0.05, 0.1) is 6.61 Å². The molecule has 2 heterocycles. The van der Waals surface area contributed by atoms with Crippen LogP contribution < -0.4 is 5.73 Å². The van der Waals surface area contributed by atoms with Gasteiger partial charge in [0.1, 0.15) is 5.25 Å². The van der Waals surface area contributed by atoms with Gasteiger partial charge in [0.25, 0.3) is 0 Å². The van der Waals surface area contributed by atoms with E-state index in [-0.39, 0.29) is 11.2 Å². The number of ether oxygens (including phenoxy) is 1. The maximum absolute atomic E-state index is 11.1. The Balaban J connectivity index is 2.01. The molecule has 1 saturated heterocycles. The second-order valence-electron chi connectivity index (χ2n) is 2.47. The standard InChI is InChI=1S/C6H7N3O2S2/c7-5-8-9-6(13-5)12-3-1-2-11-4(3)10/h3H,1-2H2,(H2,7,8)/t3-/m0/s1. The highest BCUT2D eigenvalue weighted by atomic mass is 32.2. The molecule has 1 aromatic rings. The van der Waals surface area contributed by atoms with E-state index in [1.165, 1.54) is 23.1 Å². The highest BCUT2D eigenvalue weighted by Gasteiger charge is 2.28. The fourth-order valence-corrected chi connectivity index (χ4v) is 2.82. The zero-order valence-corrected chi connectivity index (χ0v) is 8.23. The summed E-state index contributed by atoms with van der Waals surface area (Å²) >= 11 is 2.66. The highest BCUT2D eigenvalue weighted by molar-refractivity contribution is 8.02. The van der Waals surface area contributed by atoms with E-state index >= 15 is 0 Å². The van der Waals surface area contributed by atoms with Crippen LogP contribution in [0.1, 0.15) is 6.42 Å². The first-order chi connectivity index (χ1) is 6.25. The molecule has 0 amide bonds. The first kappa shape index (κ1) is 8.76. The molecule has 0 aromatic carbocycles. The number of nitrogen functional groups attached to an aromatic ring is 1. The Bertz CT molecular complexity index is 327. The third-order valence-corrected chi connectivity index (χ3v) is 3.63. The van der Waals surface area contributed by atoms with Crippen molar-refractivity contribution in [2.24, 2.45) is 0 Å². The summed E-state index contributed by atoms with van der Waals surface area (Å²) in [5.74, 6) is -0.168. The molecule has 0 saturated carbocycles. The Morgan fingerprint density at radius 2 is 2.46 bits per heavy atom. The molecule has 0 radical (unpaired) electrons. The summed E-state index contributed by atoms with van der Waals surface area (Å²) in [6, 6.07) is 0. The van der Waals surface area contributed by atoms with Crippen LogP contribution in [0.5, 0.6) is 0 Å². The molecule has 0 unspecified atom stereocenters. The van der Waals surface area contributed by atoms with Crippen LogP contribution in [-0.2, 0) is 9.53 Å². The van der Waals surface area contributed by atoms with Gasteiger partial charge in [-0.1, -0.05) is 23.1 Å². The molecule has 7 heteroatoms. The summed E-state index contributed by atoms with van der Waals surface area (Å²) in [6.45, 7) is 0.505. The van der Waals surface area contributed by atoms with Crippen LogP contribution in [0.4, 0.5) is 5.13 Å². The molecule has 0 aliphatic carbocycles. The number of hydrogen-bond acceptors (Lipinski definition) is 7. The number of carbonyl (C=O) groups is 1. The van der Waals surface area contributed by atoms with E-state index in [0.29, 0.717) is 11.7 Å². The van der Waals surface area contributed by atoms with E-state index in [4.69, 9.17) is 10.5 Å². The maximum atomic E-state index is 11.1. The van der Waals surface area contributed by atoms with Gasteiger partial charge in [-0.15, -0.1) is 10.2 Å². The predicted molar refractivity (Wildman–Crippen MR) is 49.5 cm³/mol. The van der Waals surface area contributed by atoms with Crippen LogP contribution in [0.2, 0.25) is 0 Å². The average molecular weight is 217 g/mol. The molecule has 5 nitrogen and oxygen atoms in total. The molecule has 2 rings (SSSR count). The molecule has 1 aliphatic rings. The third-order valence-electron chi connectivity index (χ3n) is 1.55. The van der Waals surface area contributed by atoms with Crippen molar-refractivity contribution in [2.45, 2.75) is 16.0 Å². The van der Waals surface area contributed by atoms with Crippen LogP contribution >= 0.6 is 23.1 Å². The van der Waals surface area contributed by atoms with Gasteiger partial charge in [0, 0.05) is 6.42 Å². The number of nitrogens with zero attached hydrogens (tertiary/aromatic N) is 2. The summed E-state index contributed by atoms with van der Waals surface area (Å²) in [5.41, 5.74) is 5.40. The van der Waals surface area contributed by atoms with E-state index in [2.05, 4.69) is 10.2 Å². The van der Waals surface area contributed by atoms with Crippen molar-refractivity contribution in [2.75, 3.05) is 12.3 Å². The highest BCUT2D eigenvalue weighted by Crippen LogP contribution is 2.31. The monoisotopic (exact) mass is 217 g/mol. The second kappa shape index (κ2) is 3.51. The van der Waals surface area contributed by atoms with Crippen molar-refractivity contribution < 1.29 is 9.53 Å². The van der Waals surface area contributed by atoms with Gasteiger partial charge in [-0.3, -0.25) is 4.79 Å². The number of thioether (sulfide) groups is 1. The molecule has 1 atom stereocenters. The minimum Gasteiger partial charge on any atom is -0.465 e. The summed E-state index contributed by atoms with van der Waals surface area (Å²) in [4.78, 5) is 11.1. The van der Waals surface area contributed by atoms with Gasteiger partial charge in [-0.05, 0) is 0 Å². The van der Waals surface area contributed by atoms with Crippen LogP contribution in [0, 0.1) is 0 Å². The lowest BCUT2D eigenvalue weighted by molar-refractivity contribution is -0.137. The van der Waals surface area contributed by atoms with Crippen LogP contribution in [0.25, 0.3) is 0 Å². The first-order valence-corrected chi connectivity index (χ1v) is 5.37. The minimum absolute atomic E-state index is 0.132. The van der Waals surface area contributed by atoms with E-state index < -0.39 is 0 Å². The average Bonchev–Trinajstić information content (AvgIpc) is 2.64. The topological polar surface area (TPSA) is 78.1 Å². The van der Waals surface area contributed by atoms with Crippen LogP contribution in [0.15, 0.2) is 4.34 Å². The fourth-order valence-electron chi connectivity index (χ4n) is 0.974. The Kier molecular flexibility index (Phi) is 2.36. The van der Waals surface area contributed by atoms with Gasteiger partial charge >= 0.3 is 5.97 Å². The molecular formula is C6H7N3O2S2. The molecule has 2 N–H and O–H groups in total. The lowest BCUT2D eigenvalue weighted by atomic mass is 10.4. The van der Waals surface area contributed by atoms with Crippen molar-refractivity contribution >= 4 is 34.2 Å². The number of rotatable bonds is 2. The molecule has 0 spiro atoms. The SMILES string of the molecule is Nc1nnc(S[C@H]2CCOC2=O)s1. The Labute approximate surface area is 82.7 Å². The number of carbonyl (C=O) groups excluding carboxylic acids is 1. The molecule has 0 bridgehead atoms. The molecule has 1 aromatic heterocycles. The zero-order chi connectivity index (χ0) is 9.26. The Hall–Kier alpha value is -0.820. The van der Waals surface area contributed by atoms with Crippen molar-refractivity contribution in [1.29, 1.82) is 0 Å². The molecule has 13 heavy (non-hydrogen) atoms. The number of anilines is 1. The van der Waals surface area contributed by atoms with E-state index in [0.717, 1.165) is 10.8 Å².